The van der Waals surface area contributed by atoms with Crippen molar-refractivity contribution in [3.8, 4) is 5.75 Å². The number of aryl methyl sites for hydroxylation is 1. The van der Waals surface area contributed by atoms with E-state index in [1.807, 2.05) is 6.92 Å². The molecule has 0 spiro atoms. The van der Waals surface area contributed by atoms with Gasteiger partial charge in [0.15, 0.2) is 5.75 Å². The van der Waals surface area contributed by atoms with Crippen LogP contribution in [0.15, 0.2) is 41.3 Å². The molecule has 0 aliphatic heterocycles. The second-order valence-corrected chi connectivity index (χ2v) is 7.79. The summed E-state index contributed by atoms with van der Waals surface area (Å²) in [6.07, 6.45) is 3.57. The molecule has 2 amide bonds. The van der Waals surface area contributed by atoms with Crippen molar-refractivity contribution in [1.29, 1.82) is 0 Å². The van der Waals surface area contributed by atoms with Crippen molar-refractivity contribution in [3.05, 3.63) is 69.4 Å². The molecule has 0 saturated carbocycles. The van der Waals surface area contributed by atoms with Gasteiger partial charge in [-0.1, -0.05) is 25.5 Å². The van der Waals surface area contributed by atoms with Gasteiger partial charge in [0.1, 0.15) is 16.9 Å². The zero-order chi connectivity index (χ0) is 24.0. The maximum atomic E-state index is 13.2. The fraction of sp³-hybridized carbons (Fsp3) is 0.333. The van der Waals surface area contributed by atoms with Crippen LogP contribution in [-0.4, -0.2) is 39.6 Å². The second-order valence-electron chi connectivity index (χ2n) is 7.79. The number of hydrogen-bond donors (Lipinski definition) is 3. The fourth-order valence-electron chi connectivity index (χ4n) is 3.53. The Kier molecular flexibility index (Phi) is 7.76. The molecule has 0 aliphatic carbocycles. The maximum Gasteiger partial charge on any atom is 0.267 e. The number of pyridine rings is 2. The van der Waals surface area contributed by atoms with Crippen LogP contribution in [0, 0.1) is 5.82 Å². The van der Waals surface area contributed by atoms with Crippen LogP contribution in [0.25, 0.3) is 11.0 Å². The van der Waals surface area contributed by atoms with Crippen molar-refractivity contribution in [2.24, 2.45) is 0 Å². The third kappa shape index (κ3) is 5.74. The molecule has 0 atom stereocenters. The molecule has 3 rings (SSSR count). The number of aromatic nitrogens is 2. The highest BCUT2D eigenvalue weighted by atomic mass is 19.1. The largest absolute Gasteiger partial charge is 0.505 e. The zero-order valence-corrected chi connectivity index (χ0v) is 18.7. The molecule has 9 heteroatoms. The molecule has 1 aromatic carbocycles. The quantitative estimate of drug-likeness (QED) is 0.430. The lowest BCUT2D eigenvalue weighted by molar-refractivity contribution is -0.118. The van der Waals surface area contributed by atoms with Crippen LogP contribution in [-0.2, 0) is 17.8 Å². The first-order valence-corrected chi connectivity index (χ1v) is 10.8. The summed E-state index contributed by atoms with van der Waals surface area (Å²) in [4.78, 5) is 41.2. The standard InChI is InChI=1S/C24H27FN4O4/c1-3-4-11-29-19-13-17(12-16-5-7-18(25)8-6-16)14-28-21(19)22(31)20(24(29)33)23(32)27-10-9-26-15(2)30/h5-8,13-14,31H,3-4,9-12H2,1-2H3,(H,26,30)(H,27,32). The van der Waals surface area contributed by atoms with E-state index in [0.717, 1.165) is 17.5 Å². The maximum absolute atomic E-state index is 13.2. The molecule has 0 saturated heterocycles. The van der Waals surface area contributed by atoms with Crippen molar-refractivity contribution in [2.45, 2.75) is 39.7 Å². The molecular formula is C24H27FN4O4. The Bertz CT molecular complexity index is 1220. The average Bonchev–Trinajstić information content (AvgIpc) is 2.78. The Balaban J connectivity index is 2.00. The van der Waals surface area contributed by atoms with Gasteiger partial charge in [0.25, 0.3) is 11.5 Å². The van der Waals surface area contributed by atoms with Crippen LogP contribution in [0.1, 0.15) is 48.2 Å². The summed E-state index contributed by atoms with van der Waals surface area (Å²) in [5.74, 6) is -1.77. The Morgan fingerprint density at radius 2 is 1.82 bits per heavy atom. The van der Waals surface area contributed by atoms with E-state index in [1.165, 1.54) is 23.6 Å². The summed E-state index contributed by atoms with van der Waals surface area (Å²) in [5, 5.41) is 15.9. The van der Waals surface area contributed by atoms with Gasteiger partial charge < -0.3 is 20.3 Å². The average molecular weight is 455 g/mol. The molecule has 174 valence electrons. The highest BCUT2D eigenvalue weighted by molar-refractivity contribution is 6.01. The van der Waals surface area contributed by atoms with Crippen LogP contribution in [0.2, 0.25) is 0 Å². The topological polar surface area (TPSA) is 113 Å². The Labute approximate surface area is 190 Å². The van der Waals surface area contributed by atoms with Crippen LogP contribution in [0.3, 0.4) is 0 Å². The summed E-state index contributed by atoms with van der Waals surface area (Å²) >= 11 is 0. The fourth-order valence-corrected chi connectivity index (χ4v) is 3.53. The van der Waals surface area contributed by atoms with Crippen molar-refractivity contribution < 1.29 is 19.1 Å². The van der Waals surface area contributed by atoms with Crippen LogP contribution in [0.4, 0.5) is 4.39 Å². The predicted octanol–water partition coefficient (Wildman–Crippen LogP) is 2.50. The molecule has 0 fully saturated rings. The highest BCUT2D eigenvalue weighted by Crippen LogP contribution is 2.26. The van der Waals surface area contributed by atoms with Gasteiger partial charge in [-0.25, -0.2) is 4.39 Å². The highest BCUT2D eigenvalue weighted by Gasteiger charge is 2.23. The minimum absolute atomic E-state index is 0.105. The normalized spacial score (nSPS) is 10.9. The number of fused-ring (bicyclic) bond motifs is 1. The lowest BCUT2D eigenvalue weighted by Crippen LogP contribution is -2.37. The van der Waals surface area contributed by atoms with E-state index in [9.17, 15) is 23.9 Å². The van der Waals surface area contributed by atoms with Gasteiger partial charge in [-0.05, 0) is 42.2 Å². The van der Waals surface area contributed by atoms with Crippen molar-refractivity contribution >= 4 is 22.8 Å². The molecule has 2 heterocycles. The lowest BCUT2D eigenvalue weighted by Gasteiger charge is -2.15. The van der Waals surface area contributed by atoms with Crippen molar-refractivity contribution in [3.63, 3.8) is 0 Å². The number of aromatic hydroxyl groups is 1. The molecule has 0 unspecified atom stereocenters. The molecular weight excluding hydrogens is 427 g/mol. The van der Waals surface area contributed by atoms with Crippen molar-refractivity contribution in [1.82, 2.24) is 20.2 Å². The minimum Gasteiger partial charge on any atom is -0.505 e. The molecule has 33 heavy (non-hydrogen) atoms. The number of amides is 2. The third-order valence-corrected chi connectivity index (χ3v) is 5.20. The molecule has 0 aliphatic rings. The van der Waals surface area contributed by atoms with E-state index in [1.54, 1.807) is 24.4 Å². The summed E-state index contributed by atoms with van der Waals surface area (Å²) < 4.78 is 14.7. The smallest absolute Gasteiger partial charge is 0.267 e. The van der Waals surface area contributed by atoms with E-state index in [4.69, 9.17) is 0 Å². The first kappa shape index (κ1) is 23.9. The van der Waals surface area contributed by atoms with E-state index in [2.05, 4.69) is 15.6 Å². The van der Waals surface area contributed by atoms with Gasteiger partial charge >= 0.3 is 0 Å². The summed E-state index contributed by atoms with van der Waals surface area (Å²) in [5.41, 5.74) is 1.26. The number of nitrogens with one attached hydrogen (secondary N) is 2. The van der Waals surface area contributed by atoms with Gasteiger partial charge in [-0.15, -0.1) is 0 Å². The molecule has 3 N–H and O–H groups in total. The van der Waals surface area contributed by atoms with Gasteiger partial charge in [-0.2, -0.15) is 0 Å². The summed E-state index contributed by atoms with van der Waals surface area (Å²) in [6, 6.07) is 7.87. The first-order valence-electron chi connectivity index (χ1n) is 10.8. The number of carbonyl (C=O) groups excluding carboxylic acids is 2. The number of nitrogens with zero attached hydrogens (tertiary/aromatic N) is 2. The number of halogens is 1. The predicted molar refractivity (Wildman–Crippen MR) is 123 cm³/mol. The minimum atomic E-state index is -0.729. The lowest BCUT2D eigenvalue weighted by atomic mass is 10.1. The van der Waals surface area contributed by atoms with Crippen molar-refractivity contribution in [2.75, 3.05) is 13.1 Å². The van der Waals surface area contributed by atoms with E-state index in [0.29, 0.717) is 24.9 Å². The summed E-state index contributed by atoms with van der Waals surface area (Å²) in [7, 11) is 0. The van der Waals surface area contributed by atoms with Crippen LogP contribution < -0.4 is 16.2 Å². The number of carbonyl (C=O) groups is 2. The van der Waals surface area contributed by atoms with E-state index < -0.39 is 17.2 Å². The molecule has 0 radical (unpaired) electrons. The summed E-state index contributed by atoms with van der Waals surface area (Å²) in [6.45, 7) is 4.01. The van der Waals surface area contributed by atoms with Gasteiger partial charge in [-0.3, -0.25) is 19.4 Å². The molecule has 8 nitrogen and oxygen atoms in total. The van der Waals surface area contributed by atoms with Gasteiger partial charge in [0.05, 0.1) is 5.52 Å². The molecule has 2 aromatic heterocycles. The number of rotatable bonds is 9. The van der Waals surface area contributed by atoms with Gasteiger partial charge in [0.2, 0.25) is 5.91 Å². The van der Waals surface area contributed by atoms with Gasteiger partial charge in [0, 0.05) is 32.8 Å². The van der Waals surface area contributed by atoms with E-state index in [-0.39, 0.29) is 35.9 Å². The number of unbranched alkanes of at least 4 members (excludes halogenated alkanes) is 1. The Morgan fingerprint density at radius 3 is 2.48 bits per heavy atom. The van der Waals surface area contributed by atoms with Crippen LogP contribution in [0.5, 0.6) is 5.75 Å². The molecule has 0 bridgehead atoms. The molecule has 3 aromatic rings. The third-order valence-electron chi connectivity index (χ3n) is 5.20. The van der Waals surface area contributed by atoms with E-state index >= 15 is 0 Å². The number of benzene rings is 1. The first-order chi connectivity index (χ1) is 15.8. The Morgan fingerprint density at radius 1 is 1.12 bits per heavy atom. The zero-order valence-electron chi connectivity index (χ0n) is 18.7. The number of hydrogen-bond acceptors (Lipinski definition) is 5. The van der Waals surface area contributed by atoms with Crippen LogP contribution >= 0.6 is 0 Å². The SMILES string of the molecule is CCCCn1c(=O)c(C(=O)NCCNC(C)=O)c(O)c2ncc(Cc3ccc(F)cc3)cc21. The Hall–Kier alpha value is -3.75. The second kappa shape index (κ2) is 10.7. The monoisotopic (exact) mass is 454 g/mol.